The first kappa shape index (κ1) is 18.3. The van der Waals surface area contributed by atoms with Crippen molar-refractivity contribution < 1.29 is 14.3 Å². The summed E-state index contributed by atoms with van der Waals surface area (Å²) in [6.45, 7) is 5.04. The number of amides is 1. The lowest BCUT2D eigenvalue weighted by atomic mass is 10.1. The zero-order valence-corrected chi connectivity index (χ0v) is 14.8. The molecule has 1 fully saturated rings. The molecule has 1 aliphatic rings. The van der Waals surface area contributed by atoms with E-state index in [4.69, 9.17) is 38.4 Å². The molecular formula is C16H22Cl2N2O3. The molecule has 0 saturated carbocycles. The number of benzene rings is 1. The third kappa shape index (κ3) is 4.98. The van der Waals surface area contributed by atoms with Gasteiger partial charge in [-0.1, -0.05) is 37.0 Å². The highest BCUT2D eigenvalue weighted by Crippen LogP contribution is 2.31. The maximum absolute atomic E-state index is 12.5. The second-order valence-corrected chi connectivity index (χ2v) is 6.79. The minimum Gasteiger partial charge on any atom is -0.396 e. The molecule has 1 amide bonds. The van der Waals surface area contributed by atoms with E-state index in [0.29, 0.717) is 28.0 Å². The van der Waals surface area contributed by atoms with E-state index >= 15 is 0 Å². The van der Waals surface area contributed by atoms with Gasteiger partial charge in [-0.05, 0) is 30.9 Å². The molecule has 0 unspecified atom stereocenters. The van der Waals surface area contributed by atoms with E-state index in [1.165, 1.54) is 0 Å². The number of hydrogen-bond acceptors (Lipinski definition) is 4. The first-order valence-corrected chi connectivity index (χ1v) is 8.42. The molecule has 3 N–H and O–H groups in total. The van der Waals surface area contributed by atoms with Crippen molar-refractivity contribution in [3.8, 4) is 0 Å². The van der Waals surface area contributed by atoms with E-state index in [2.05, 4.69) is 5.32 Å². The molecule has 1 aromatic rings. The van der Waals surface area contributed by atoms with Gasteiger partial charge in [0.05, 0.1) is 28.4 Å². The largest absolute Gasteiger partial charge is 0.396 e. The van der Waals surface area contributed by atoms with Crippen molar-refractivity contribution >= 4 is 40.5 Å². The number of halogens is 2. The maximum Gasteiger partial charge on any atom is 0.253 e. The Kier molecular flexibility index (Phi) is 6.53. The lowest BCUT2D eigenvalue weighted by molar-refractivity contribution is -0.132. The summed E-state index contributed by atoms with van der Waals surface area (Å²) in [5, 5.41) is 3.38. The molecule has 1 aliphatic heterocycles. The highest BCUT2D eigenvalue weighted by Gasteiger charge is 2.26. The molecule has 0 aliphatic carbocycles. The molecule has 23 heavy (non-hydrogen) atoms. The average molecular weight is 361 g/mol. The quantitative estimate of drug-likeness (QED) is 0.757. The van der Waals surface area contributed by atoms with Crippen LogP contribution in [0.15, 0.2) is 12.1 Å². The molecule has 1 heterocycles. The third-order valence-corrected chi connectivity index (χ3v) is 4.32. The molecule has 0 aromatic heterocycles. The number of nitrogen functional groups attached to an aromatic ring is 1. The fourth-order valence-corrected chi connectivity index (χ4v) is 2.91. The van der Waals surface area contributed by atoms with Crippen molar-refractivity contribution in [1.29, 1.82) is 0 Å². The van der Waals surface area contributed by atoms with Crippen molar-refractivity contribution in [2.75, 3.05) is 24.3 Å². The Morgan fingerprint density at radius 3 is 2.61 bits per heavy atom. The van der Waals surface area contributed by atoms with Gasteiger partial charge in [0.1, 0.15) is 6.10 Å². The summed E-state index contributed by atoms with van der Waals surface area (Å²) in [4.78, 5) is 12.5. The van der Waals surface area contributed by atoms with Crippen molar-refractivity contribution in [2.45, 2.75) is 38.9 Å². The highest BCUT2D eigenvalue weighted by atomic mass is 35.5. The summed E-state index contributed by atoms with van der Waals surface area (Å²) in [5.41, 5.74) is 6.48. The fourth-order valence-electron chi connectivity index (χ4n) is 2.43. The van der Waals surface area contributed by atoms with Gasteiger partial charge in [0.2, 0.25) is 0 Å². The second-order valence-electron chi connectivity index (χ2n) is 5.98. The number of ether oxygens (including phenoxy) is 2. The zero-order chi connectivity index (χ0) is 17.0. The summed E-state index contributed by atoms with van der Waals surface area (Å²) in [7, 11) is 0. The molecule has 0 radical (unpaired) electrons. The number of nitrogens with two attached hydrogens (primary N) is 1. The Bertz CT molecular complexity index is 537. The van der Waals surface area contributed by atoms with E-state index in [0.717, 1.165) is 19.4 Å². The number of hydrogen-bond donors (Lipinski definition) is 2. The van der Waals surface area contributed by atoms with Crippen LogP contribution >= 0.6 is 23.2 Å². The minimum atomic E-state index is -0.575. The Hall–Kier alpha value is -1.01. The van der Waals surface area contributed by atoms with Crippen LogP contribution in [-0.4, -0.2) is 31.3 Å². The van der Waals surface area contributed by atoms with Gasteiger partial charge >= 0.3 is 0 Å². The van der Waals surface area contributed by atoms with Crippen LogP contribution in [0.4, 0.5) is 11.4 Å². The Labute approximate surface area is 146 Å². The lowest BCUT2D eigenvalue weighted by Gasteiger charge is -2.22. The zero-order valence-electron chi connectivity index (χ0n) is 13.3. The molecule has 1 saturated heterocycles. The van der Waals surface area contributed by atoms with Gasteiger partial charge in [0.15, 0.2) is 0 Å². The Morgan fingerprint density at radius 2 is 2.09 bits per heavy atom. The predicted octanol–water partition coefficient (Wildman–Crippen LogP) is 3.73. The Morgan fingerprint density at radius 1 is 1.43 bits per heavy atom. The standard InChI is InChI=1S/C16H22Cl2N2O3/c1-9(2)15(23-8-11-4-3-5-22-11)16(21)20-10-6-12(17)14(19)13(18)7-10/h6-7,9,11,15H,3-5,8,19H2,1-2H3,(H,20,21)/t11-,15-/m0/s1. The van der Waals surface area contributed by atoms with Crippen LogP contribution in [0.25, 0.3) is 0 Å². The van der Waals surface area contributed by atoms with Gasteiger partial charge in [-0.2, -0.15) is 0 Å². The van der Waals surface area contributed by atoms with Crippen molar-refractivity contribution in [1.82, 2.24) is 0 Å². The lowest BCUT2D eigenvalue weighted by Crippen LogP contribution is -2.36. The summed E-state index contributed by atoms with van der Waals surface area (Å²) >= 11 is 12.0. The van der Waals surface area contributed by atoms with E-state index in [-0.39, 0.29) is 17.9 Å². The van der Waals surface area contributed by atoms with Crippen LogP contribution < -0.4 is 11.1 Å². The van der Waals surface area contributed by atoms with E-state index in [1.54, 1.807) is 12.1 Å². The SMILES string of the molecule is CC(C)[C@H](OC[C@@H]1CCCO1)C(=O)Nc1cc(Cl)c(N)c(Cl)c1. The van der Waals surface area contributed by atoms with Gasteiger partial charge in [-0.25, -0.2) is 0 Å². The molecule has 5 nitrogen and oxygen atoms in total. The summed E-state index contributed by atoms with van der Waals surface area (Å²) < 4.78 is 11.3. The van der Waals surface area contributed by atoms with Crippen LogP contribution in [0.5, 0.6) is 0 Å². The molecule has 0 bridgehead atoms. The monoisotopic (exact) mass is 360 g/mol. The van der Waals surface area contributed by atoms with Crippen molar-refractivity contribution in [2.24, 2.45) is 5.92 Å². The summed E-state index contributed by atoms with van der Waals surface area (Å²) in [6.07, 6.45) is 1.50. The maximum atomic E-state index is 12.5. The number of nitrogens with one attached hydrogen (secondary N) is 1. The number of carbonyl (C=O) groups is 1. The van der Waals surface area contributed by atoms with Crippen molar-refractivity contribution in [3.63, 3.8) is 0 Å². The van der Waals surface area contributed by atoms with Crippen LogP contribution in [-0.2, 0) is 14.3 Å². The summed E-state index contributed by atoms with van der Waals surface area (Å²) in [6, 6.07) is 3.14. The minimum absolute atomic E-state index is 0.0242. The molecule has 2 atom stereocenters. The van der Waals surface area contributed by atoms with Gasteiger partial charge in [-0.15, -0.1) is 0 Å². The fraction of sp³-hybridized carbons (Fsp3) is 0.562. The van der Waals surface area contributed by atoms with Crippen molar-refractivity contribution in [3.05, 3.63) is 22.2 Å². The van der Waals surface area contributed by atoms with E-state index < -0.39 is 6.10 Å². The normalized spacial score (nSPS) is 19.1. The van der Waals surface area contributed by atoms with Crippen LogP contribution in [0.3, 0.4) is 0 Å². The van der Waals surface area contributed by atoms with E-state index in [1.807, 2.05) is 13.8 Å². The second kappa shape index (κ2) is 8.20. The third-order valence-electron chi connectivity index (χ3n) is 3.70. The molecule has 2 rings (SSSR count). The summed E-state index contributed by atoms with van der Waals surface area (Å²) in [5.74, 6) is -0.217. The molecule has 7 heteroatoms. The molecular weight excluding hydrogens is 339 g/mol. The predicted molar refractivity (Wildman–Crippen MR) is 93.1 cm³/mol. The Balaban J connectivity index is 2.00. The molecule has 1 aromatic carbocycles. The van der Waals surface area contributed by atoms with Crippen LogP contribution in [0.2, 0.25) is 10.0 Å². The number of carbonyl (C=O) groups excluding carboxylic acids is 1. The first-order valence-electron chi connectivity index (χ1n) is 7.67. The van der Waals surface area contributed by atoms with Crippen LogP contribution in [0, 0.1) is 5.92 Å². The smallest absolute Gasteiger partial charge is 0.253 e. The van der Waals surface area contributed by atoms with Gasteiger partial charge in [0, 0.05) is 12.3 Å². The molecule has 128 valence electrons. The van der Waals surface area contributed by atoms with Gasteiger partial charge < -0.3 is 20.5 Å². The first-order chi connectivity index (χ1) is 10.9. The molecule has 0 spiro atoms. The van der Waals surface area contributed by atoms with E-state index in [9.17, 15) is 4.79 Å². The highest BCUT2D eigenvalue weighted by molar-refractivity contribution is 6.39. The van der Waals surface area contributed by atoms with Gasteiger partial charge in [-0.3, -0.25) is 4.79 Å². The average Bonchev–Trinajstić information content (AvgIpc) is 2.97. The number of anilines is 2. The van der Waals surface area contributed by atoms with Gasteiger partial charge in [0.25, 0.3) is 5.91 Å². The number of rotatable bonds is 6. The topological polar surface area (TPSA) is 73.6 Å². The van der Waals surface area contributed by atoms with Crippen LogP contribution in [0.1, 0.15) is 26.7 Å².